The van der Waals surface area contributed by atoms with Crippen molar-refractivity contribution in [1.29, 1.82) is 5.26 Å². The maximum absolute atomic E-state index is 14.0. The Morgan fingerprint density at radius 3 is 2.35 bits per heavy atom. The van der Waals surface area contributed by atoms with Crippen molar-refractivity contribution in [2.45, 2.75) is 64.0 Å². The molecule has 4 nitrogen and oxygen atoms in total. The van der Waals surface area contributed by atoms with Crippen molar-refractivity contribution < 1.29 is 4.79 Å². The largest absolute Gasteiger partial charge is 0.384 e. The predicted molar refractivity (Wildman–Crippen MR) is 173 cm³/mol. The van der Waals surface area contributed by atoms with E-state index < -0.39 is 5.92 Å². The Bertz CT molecular complexity index is 1590. The molecular weight excluding hydrogens is 625 g/mol. The fourth-order valence-electron chi connectivity index (χ4n) is 5.91. The molecule has 40 heavy (non-hydrogen) atoms. The second-order valence-electron chi connectivity index (χ2n) is 11.7. The molecule has 0 amide bonds. The summed E-state index contributed by atoms with van der Waals surface area (Å²) in [6, 6.07) is 23.5. The highest BCUT2D eigenvalue weighted by atomic mass is 127. The third kappa shape index (κ3) is 5.46. The van der Waals surface area contributed by atoms with Crippen molar-refractivity contribution in [1.82, 2.24) is 0 Å². The molecule has 0 saturated heterocycles. The van der Waals surface area contributed by atoms with E-state index in [0.717, 1.165) is 43.0 Å². The Labute approximate surface area is 255 Å². The van der Waals surface area contributed by atoms with Gasteiger partial charge in [0.25, 0.3) is 0 Å². The number of hydrogen-bond donors (Lipinski definition) is 1. The summed E-state index contributed by atoms with van der Waals surface area (Å²) in [5, 5.41) is 10.5. The number of ketones is 1. The Hall–Kier alpha value is -3.02. The molecule has 0 saturated carbocycles. The number of benzene rings is 3. The van der Waals surface area contributed by atoms with E-state index in [-0.39, 0.29) is 11.2 Å². The standard InChI is InChI=1S/C34H34IN3OS/c1-20-6-12-26(13-7-20)40-19-23-14-21(2)15-27(22(23)3)31-28(18-36)33(37)38(25-10-8-24(35)9-11-25)29-16-34(4,5)17-30(39)32(29)31/h6-15,31H,16-17,19,37H2,1-5H3. The lowest BCUT2D eigenvalue weighted by Crippen LogP contribution is -2.42. The van der Waals surface area contributed by atoms with Crippen LogP contribution >= 0.6 is 34.4 Å². The number of nitriles is 1. The van der Waals surface area contributed by atoms with Gasteiger partial charge in [0, 0.05) is 37.6 Å². The van der Waals surface area contributed by atoms with Crippen LogP contribution in [0.2, 0.25) is 0 Å². The predicted octanol–water partition coefficient (Wildman–Crippen LogP) is 8.45. The minimum atomic E-state index is -0.480. The van der Waals surface area contributed by atoms with Crippen molar-refractivity contribution in [3.05, 3.63) is 115 Å². The number of nitrogens with two attached hydrogens (primary N) is 1. The Kier molecular flexibility index (Phi) is 7.91. The first-order valence-corrected chi connectivity index (χ1v) is 15.6. The van der Waals surface area contributed by atoms with E-state index in [0.29, 0.717) is 24.2 Å². The number of thioether (sulfide) groups is 1. The van der Waals surface area contributed by atoms with Gasteiger partial charge in [0.15, 0.2) is 5.78 Å². The summed E-state index contributed by atoms with van der Waals surface area (Å²) in [6.45, 7) is 10.6. The molecule has 3 aromatic rings. The SMILES string of the molecule is Cc1ccc(SCc2cc(C)cc(C3C(C#N)=C(N)N(c4ccc(I)cc4)C4=C3C(=O)CC(C)(C)C4)c2C)cc1. The first-order valence-electron chi connectivity index (χ1n) is 13.5. The number of anilines is 1. The first-order chi connectivity index (χ1) is 19.0. The number of allylic oxidation sites excluding steroid dienone is 3. The van der Waals surface area contributed by atoms with Gasteiger partial charge in [-0.1, -0.05) is 49.2 Å². The fraction of sp³-hybridized carbons (Fsp3) is 0.294. The molecule has 0 bridgehead atoms. The van der Waals surface area contributed by atoms with Crippen LogP contribution in [0.15, 0.2) is 88.2 Å². The average Bonchev–Trinajstić information content (AvgIpc) is 2.89. The lowest BCUT2D eigenvalue weighted by Gasteiger charge is -2.44. The number of nitrogens with zero attached hydrogens (tertiary/aromatic N) is 2. The van der Waals surface area contributed by atoms with Crippen LogP contribution in [0.3, 0.4) is 0 Å². The highest BCUT2D eigenvalue weighted by Gasteiger charge is 2.45. The van der Waals surface area contributed by atoms with Crippen LogP contribution in [0.25, 0.3) is 0 Å². The summed E-state index contributed by atoms with van der Waals surface area (Å²) < 4.78 is 1.11. The first kappa shape index (κ1) is 28.5. The number of Topliss-reactive ketones (excluding diaryl/α,β-unsaturated/α-hetero) is 1. The minimum Gasteiger partial charge on any atom is -0.384 e. The molecule has 0 radical (unpaired) electrons. The van der Waals surface area contributed by atoms with Crippen molar-refractivity contribution in [3.8, 4) is 6.07 Å². The van der Waals surface area contributed by atoms with Crippen LogP contribution in [-0.2, 0) is 10.5 Å². The molecule has 1 aliphatic carbocycles. The molecule has 0 fully saturated rings. The van der Waals surface area contributed by atoms with E-state index in [1.54, 1.807) is 11.8 Å². The van der Waals surface area contributed by atoms with Gasteiger partial charge >= 0.3 is 0 Å². The van der Waals surface area contributed by atoms with Crippen LogP contribution in [0.4, 0.5) is 5.69 Å². The van der Waals surface area contributed by atoms with Crippen LogP contribution in [-0.4, -0.2) is 5.78 Å². The number of halogens is 1. The molecule has 2 aliphatic rings. The second-order valence-corrected chi connectivity index (χ2v) is 14.0. The number of hydrogen-bond acceptors (Lipinski definition) is 5. The van der Waals surface area contributed by atoms with Gasteiger partial charge < -0.3 is 5.73 Å². The van der Waals surface area contributed by atoms with Crippen LogP contribution in [0, 0.1) is 41.1 Å². The third-order valence-electron chi connectivity index (χ3n) is 7.89. The number of rotatable bonds is 5. The third-order valence-corrected chi connectivity index (χ3v) is 9.67. The smallest absolute Gasteiger partial charge is 0.162 e. The summed E-state index contributed by atoms with van der Waals surface area (Å²) >= 11 is 4.08. The number of carbonyl (C=O) groups excluding carboxylic acids is 1. The lowest BCUT2D eigenvalue weighted by molar-refractivity contribution is -0.118. The number of aryl methyl sites for hydroxylation is 2. The molecule has 1 aliphatic heterocycles. The van der Waals surface area contributed by atoms with E-state index in [1.165, 1.54) is 16.0 Å². The summed E-state index contributed by atoms with van der Waals surface area (Å²) in [5.41, 5.74) is 15.3. The molecule has 6 heteroatoms. The van der Waals surface area contributed by atoms with Crippen molar-refractivity contribution in [3.63, 3.8) is 0 Å². The molecule has 1 unspecified atom stereocenters. The summed E-state index contributed by atoms with van der Waals surface area (Å²) in [4.78, 5) is 17.2. The van der Waals surface area contributed by atoms with Gasteiger partial charge in [-0.05, 0) is 108 Å². The van der Waals surface area contributed by atoms with Gasteiger partial charge in [0.2, 0.25) is 0 Å². The zero-order chi connectivity index (χ0) is 28.8. The van der Waals surface area contributed by atoms with Gasteiger partial charge in [0.1, 0.15) is 5.82 Å². The normalized spacial score (nSPS) is 18.6. The van der Waals surface area contributed by atoms with E-state index in [2.05, 4.69) is 99.7 Å². The summed E-state index contributed by atoms with van der Waals surface area (Å²) in [7, 11) is 0. The zero-order valence-corrected chi connectivity index (χ0v) is 26.6. The van der Waals surface area contributed by atoms with Gasteiger partial charge in [-0.2, -0.15) is 5.26 Å². The van der Waals surface area contributed by atoms with Gasteiger partial charge in [-0.25, -0.2) is 0 Å². The maximum atomic E-state index is 14.0. The number of carbonyl (C=O) groups is 1. The fourth-order valence-corrected chi connectivity index (χ4v) is 7.22. The molecule has 1 heterocycles. The second kappa shape index (κ2) is 11.1. The van der Waals surface area contributed by atoms with Gasteiger partial charge in [-0.3, -0.25) is 9.69 Å². The maximum Gasteiger partial charge on any atom is 0.162 e. The Morgan fingerprint density at radius 2 is 1.70 bits per heavy atom. The van der Waals surface area contributed by atoms with Crippen molar-refractivity contribution in [2.75, 3.05) is 4.90 Å². The molecule has 5 rings (SSSR count). The monoisotopic (exact) mass is 659 g/mol. The molecule has 0 spiro atoms. The minimum absolute atomic E-state index is 0.100. The molecule has 2 N–H and O–H groups in total. The van der Waals surface area contributed by atoms with E-state index in [9.17, 15) is 10.1 Å². The van der Waals surface area contributed by atoms with Gasteiger partial charge in [0.05, 0.1) is 17.6 Å². The van der Waals surface area contributed by atoms with Crippen LogP contribution < -0.4 is 10.6 Å². The molecule has 1 atom stereocenters. The van der Waals surface area contributed by atoms with Crippen LogP contribution in [0.1, 0.15) is 60.4 Å². The Morgan fingerprint density at radius 1 is 1.02 bits per heavy atom. The molecule has 0 aromatic heterocycles. The van der Waals surface area contributed by atoms with Crippen molar-refractivity contribution >= 4 is 45.8 Å². The summed E-state index contributed by atoms with van der Waals surface area (Å²) in [6.07, 6.45) is 1.15. The lowest BCUT2D eigenvalue weighted by atomic mass is 9.68. The highest BCUT2D eigenvalue weighted by Crippen LogP contribution is 2.51. The van der Waals surface area contributed by atoms with Crippen LogP contribution in [0.5, 0.6) is 0 Å². The quantitative estimate of drug-likeness (QED) is 0.220. The van der Waals surface area contributed by atoms with E-state index in [4.69, 9.17) is 5.73 Å². The average molecular weight is 660 g/mol. The zero-order valence-electron chi connectivity index (χ0n) is 23.6. The Balaban J connectivity index is 1.66. The topological polar surface area (TPSA) is 70.1 Å². The van der Waals surface area contributed by atoms with Gasteiger partial charge in [-0.15, -0.1) is 11.8 Å². The molecular formula is C34H34IN3OS. The molecule has 3 aromatic carbocycles. The molecule has 204 valence electrons. The van der Waals surface area contributed by atoms with E-state index >= 15 is 0 Å². The summed E-state index contributed by atoms with van der Waals surface area (Å²) in [5.74, 6) is 0.837. The highest BCUT2D eigenvalue weighted by molar-refractivity contribution is 14.1. The van der Waals surface area contributed by atoms with E-state index in [1.807, 2.05) is 29.2 Å². The van der Waals surface area contributed by atoms with Crippen molar-refractivity contribution in [2.24, 2.45) is 11.1 Å².